The van der Waals surface area contributed by atoms with Crippen molar-refractivity contribution in [3.63, 3.8) is 0 Å². The zero-order valence-corrected chi connectivity index (χ0v) is 16.3. The molecule has 4 rings (SSSR count). The van der Waals surface area contributed by atoms with Gasteiger partial charge in [0.2, 0.25) is 5.91 Å². The Morgan fingerprint density at radius 3 is 2.71 bits per heavy atom. The molecule has 0 bridgehead atoms. The molecule has 1 saturated heterocycles. The summed E-state index contributed by atoms with van der Waals surface area (Å²) in [4.78, 5) is 12.9. The lowest BCUT2D eigenvalue weighted by Crippen LogP contribution is -2.47. The Balaban J connectivity index is 1.43. The fourth-order valence-electron chi connectivity index (χ4n) is 4.17. The number of amides is 1. The molecule has 28 heavy (non-hydrogen) atoms. The van der Waals surface area contributed by atoms with E-state index in [1.54, 1.807) is 7.11 Å². The predicted molar refractivity (Wildman–Crippen MR) is 107 cm³/mol. The van der Waals surface area contributed by atoms with Gasteiger partial charge in [0, 0.05) is 31.2 Å². The lowest BCUT2D eigenvalue weighted by molar-refractivity contribution is -0.126. The third kappa shape index (κ3) is 3.85. The normalized spacial score (nSPS) is 20.5. The second kappa shape index (κ2) is 8.23. The van der Waals surface area contributed by atoms with Crippen LogP contribution in [0.4, 0.5) is 0 Å². The number of ether oxygens (including phenoxy) is 3. The quantitative estimate of drug-likeness (QED) is 0.865. The second-order valence-electron chi connectivity index (χ2n) is 7.66. The van der Waals surface area contributed by atoms with Gasteiger partial charge in [0.15, 0.2) is 0 Å². The number of hydrogen-bond donors (Lipinski definition) is 1. The van der Waals surface area contributed by atoms with E-state index in [0.29, 0.717) is 19.6 Å². The van der Waals surface area contributed by atoms with Gasteiger partial charge in [-0.15, -0.1) is 0 Å². The van der Waals surface area contributed by atoms with E-state index in [1.165, 1.54) is 5.56 Å². The molecule has 2 aliphatic heterocycles. The minimum atomic E-state index is -0.173. The Labute approximate surface area is 166 Å². The maximum absolute atomic E-state index is 12.9. The standard InChI is InChI=1S/C23H27NO4/c1-26-20-8-7-17-13-18(15-28-21(17)14-20)22(25)24-16-23(9-11-27-12-10-23)19-5-3-2-4-6-19/h2-8,14,18H,9-13,15-16H2,1H3,(H,24,25)/t18-/m0/s1. The molecule has 0 aliphatic carbocycles. The van der Waals surface area contributed by atoms with Crippen molar-refractivity contribution >= 4 is 5.91 Å². The number of carbonyl (C=O) groups excluding carboxylic acids is 1. The van der Waals surface area contributed by atoms with Crippen LogP contribution in [0.5, 0.6) is 11.5 Å². The Bertz CT molecular complexity index is 815. The van der Waals surface area contributed by atoms with Crippen molar-refractivity contribution < 1.29 is 19.0 Å². The summed E-state index contributed by atoms with van der Waals surface area (Å²) >= 11 is 0. The summed E-state index contributed by atoms with van der Waals surface area (Å²) < 4.78 is 16.7. The molecule has 0 spiro atoms. The molecule has 0 saturated carbocycles. The highest BCUT2D eigenvalue weighted by Crippen LogP contribution is 2.35. The molecule has 0 radical (unpaired) electrons. The van der Waals surface area contributed by atoms with Crippen LogP contribution in [-0.4, -0.2) is 39.4 Å². The van der Waals surface area contributed by atoms with Crippen molar-refractivity contribution in [2.75, 3.05) is 33.5 Å². The molecule has 148 valence electrons. The highest BCUT2D eigenvalue weighted by atomic mass is 16.5. The molecule has 1 amide bonds. The number of fused-ring (bicyclic) bond motifs is 1. The van der Waals surface area contributed by atoms with E-state index in [2.05, 4.69) is 29.6 Å². The van der Waals surface area contributed by atoms with Crippen molar-refractivity contribution in [3.8, 4) is 11.5 Å². The van der Waals surface area contributed by atoms with Gasteiger partial charge in [-0.2, -0.15) is 0 Å². The SMILES string of the molecule is COc1ccc2c(c1)OC[C@@H](C(=O)NCC1(c3ccccc3)CCOCC1)C2. The summed E-state index contributed by atoms with van der Waals surface area (Å²) in [5.74, 6) is 1.47. The molecule has 5 nitrogen and oxygen atoms in total. The number of benzene rings is 2. The van der Waals surface area contributed by atoms with Gasteiger partial charge in [0.25, 0.3) is 0 Å². The summed E-state index contributed by atoms with van der Waals surface area (Å²) in [6.07, 6.45) is 2.52. The topological polar surface area (TPSA) is 56.8 Å². The van der Waals surface area contributed by atoms with Crippen LogP contribution in [0.1, 0.15) is 24.0 Å². The van der Waals surface area contributed by atoms with Gasteiger partial charge in [-0.25, -0.2) is 0 Å². The van der Waals surface area contributed by atoms with Crippen molar-refractivity contribution in [1.82, 2.24) is 5.32 Å². The van der Waals surface area contributed by atoms with Crippen molar-refractivity contribution in [1.29, 1.82) is 0 Å². The molecule has 2 aromatic carbocycles. The first-order valence-corrected chi connectivity index (χ1v) is 9.91. The summed E-state index contributed by atoms with van der Waals surface area (Å²) in [6, 6.07) is 16.3. The maximum atomic E-state index is 12.9. The molecule has 0 unspecified atom stereocenters. The van der Waals surface area contributed by atoms with Crippen LogP contribution >= 0.6 is 0 Å². The van der Waals surface area contributed by atoms with E-state index < -0.39 is 0 Å². The Morgan fingerprint density at radius 2 is 1.96 bits per heavy atom. The van der Waals surface area contributed by atoms with Gasteiger partial charge >= 0.3 is 0 Å². The van der Waals surface area contributed by atoms with Gasteiger partial charge in [-0.3, -0.25) is 4.79 Å². The van der Waals surface area contributed by atoms with Gasteiger partial charge in [-0.05, 0) is 36.5 Å². The first-order chi connectivity index (χ1) is 13.7. The smallest absolute Gasteiger partial charge is 0.226 e. The summed E-state index contributed by atoms with van der Waals surface area (Å²) in [6.45, 7) is 2.48. The van der Waals surface area contributed by atoms with Crippen molar-refractivity contribution in [2.24, 2.45) is 5.92 Å². The van der Waals surface area contributed by atoms with E-state index >= 15 is 0 Å². The second-order valence-corrected chi connectivity index (χ2v) is 7.66. The minimum absolute atomic E-state index is 0.0586. The third-order valence-corrected chi connectivity index (χ3v) is 5.99. The number of nitrogens with one attached hydrogen (secondary N) is 1. The Hall–Kier alpha value is -2.53. The molecular formula is C23H27NO4. The van der Waals surface area contributed by atoms with Gasteiger partial charge in [0.1, 0.15) is 18.1 Å². The molecule has 2 heterocycles. The maximum Gasteiger partial charge on any atom is 0.226 e. The average molecular weight is 381 g/mol. The lowest BCUT2D eigenvalue weighted by atomic mass is 9.74. The first-order valence-electron chi connectivity index (χ1n) is 9.91. The molecule has 1 atom stereocenters. The minimum Gasteiger partial charge on any atom is -0.497 e. The van der Waals surface area contributed by atoms with Crippen LogP contribution < -0.4 is 14.8 Å². The van der Waals surface area contributed by atoms with Crippen molar-refractivity contribution in [2.45, 2.75) is 24.7 Å². The van der Waals surface area contributed by atoms with Crippen LogP contribution in [0, 0.1) is 5.92 Å². The monoisotopic (exact) mass is 381 g/mol. The fraction of sp³-hybridized carbons (Fsp3) is 0.435. The molecule has 2 aromatic rings. The molecule has 1 N–H and O–H groups in total. The zero-order valence-electron chi connectivity index (χ0n) is 16.3. The zero-order chi connectivity index (χ0) is 19.4. The first kappa shape index (κ1) is 18.8. The van der Waals surface area contributed by atoms with Gasteiger partial charge in [-0.1, -0.05) is 36.4 Å². The van der Waals surface area contributed by atoms with Crippen LogP contribution in [0.15, 0.2) is 48.5 Å². The van der Waals surface area contributed by atoms with Crippen LogP contribution in [-0.2, 0) is 21.4 Å². The van der Waals surface area contributed by atoms with E-state index in [-0.39, 0.29) is 17.2 Å². The van der Waals surface area contributed by atoms with Crippen LogP contribution in [0.2, 0.25) is 0 Å². The highest BCUT2D eigenvalue weighted by Gasteiger charge is 2.36. The molecular weight excluding hydrogens is 354 g/mol. The van der Waals surface area contributed by atoms with Crippen LogP contribution in [0.3, 0.4) is 0 Å². The molecule has 5 heteroatoms. The Morgan fingerprint density at radius 1 is 1.18 bits per heavy atom. The lowest BCUT2D eigenvalue weighted by Gasteiger charge is -2.38. The number of rotatable bonds is 5. The highest BCUT2D eigenvalue weighted by molar-refractivity contribution is 5.79. The third-order valence-electron chi connectivity index (χ3n) is 5.99. The fourth-order valence-corrected chi connectivity index (χ4v) is 4.17. The summed E-state index contributed by atoms with van der Waals surface area (Å²) in [7, 11) is 1.64. The van der Waals surface area contributed by atoms with Gasteiger partial charge < -0.3 is 19.5 Å². The van der Waals surface area contributed by atoms with E-state index in [0.717, 1.165) is 43.1 Å². The van der Waals surface area contributed by atoms with Crippen LogP contribution in [0.25, 0.3) is 0 Å². The van der Waals surface area contributed by atoms with Gasteiger partial charge in [0.05, 0.1) is 13.0 Å². The largest absolute Gasteiger partial charge is 0.497 e. The van der Waals surface area contributed by atoms with E-state index in [1.807, 2.05) is 24.3 Å². The van der Waals surface area contributed by atoms with E-state index in [4.69, 9.17) is 14.2 Å². The Kier molecular flexibility index (Phi) is 5.53. The number of carbonyl (C=O) groups is 1. The average Bonchev–Trinajstić information content (AvgIpc) is 2.78. The van der Waals surface area contributed by atoms with Crippen molar-refractivity contribution in [3.05, 3.63) is 59.7 Å². The summed E-state index contributed by atoms with van der Waals surface area (Å²) in [5.41, 5.74) is 2.27. The molecule has 2 aliphatic rings. The predicted octanol–water partition coefficient (Wildman–Crippen LogP) is 3.11. The van der Waals surface area contributed by atoms with E-state index in [9.17, 15) is 4.79 Å². The summed E-state index contributed by atoms with van der Waals surface area (Å²) in [5, 5.41) is 3.22. The number of hydrogen-bond acceptors (Lipinski definition) is 4. The molecule has 0 aromatic heterocycles. The molecule has 1 fully saturated rings. The number of methoxy groups -OCH3 is 1.